The fraction of sp³-hybridized carbons (Fsp3) is 0.667. The smallest absolute Gasteiger partial charge is 0.324 e. The number of hydrogen-bond acceptors (Lipinski definition) is 2. The molecule has 3 N–H and O–H groups in total. The first-order valence-electron chi connectivity index (χ1n) is 4.39. The Morgan fingerprint density at radius 2 is 2.25 bits per heavy atom. The maximum absolute atomic E-state index is 10.5. The van der Waals surface area contributed by atoms with Crippen LogP contribution in [0.1, 0.15) is 32.1 Å². The molecule has 1 atom stereocenters. The minimum atomic E-state index is -0.914. The van der Waals surface area contributed by atoms with E-state index in [1.54, 1.807) is 0 Å². The van der Waals surface area contributed by atoms with Crippen LogP contribution in [-0.4, -0.2) is 17.1 Å². The summed E-state index contributed by atoms with van der Waals surface area (Å²) < 4.78 is 0. The lowest BCUT2D eigenvalue weighted by atomic mass is 10.0. The van der Waals surface area contributed by atoms with Crippen LogP contribution < -0.4 is 5.73 Å². The number of carbonyl (C=O) groups is 1. The van der Waals surface area contributed by atoms with Gasteiger partial charge in [0.15, 0.2) is 0 Å². The molecule has 0 spiro atoms. The Balaban J connectivity index is 2.58. The summed E-state index contributed by atoms with van der Waals surface area (Å²) in [6.07, 6.45) is 7.25. The molecule has 3 heteroatoms. The molecule has 0 aromatic rings. The van der Waals surface area contributed by atoms with E-state index in [0.29, 0.717) is 0 Å². The second-order valence-corrected chi connectivity index (χ2v) is 3.19. The zero-order valence-electron chi connectivity index (χ0n) is 7.12. The van der Waals surface area contributed by atoms with E-state index in [0.717, 1.165) is 31.3 Å². The van der Waals surface area contributed by atoms with E-state index in [1.165, 1.54) is 6.42 Å². The molecule has 1 aliphatic rings. The first kappa shape index (κ1) is 9.26. The van der Waals surface area contributed by atoms with Crippen LogP contribution in [0.5, 0.6) is 0 Å². The molecule has 1 rings (SSSR count). The molecule has 1 aliphatic carbocycles. The SMILES string of the molecule is NC(C(=O)O)C1=CCCCCC1. The largest absolute Gasteiger partial charge is 0.480 e. The van der Waals surface area contributed by atoms with Gasteiger partial charge >= 0.3 is 5.97 Å². The molecule has 0 aliphatic heterocycles. The standard InChI is InChI=1S/C9H15NO2/c10-8(9(11)12)7-5-3-1-2-4-6-7/h5,8H,1-4,6,10H2,(H,11,12). The van der Waals surface area contributed by atoms with E-state index < -0.39 is 12.0 Å². The topological polar surface area (TPSA) is 63.3 Å². The van der Waals surface area contributed by atoms with Crippen LogP contribution in [0, 0.1) is 0 Å². The average molecular weight is 169 g/mol. The third kappa shape index (κ3) is 2.34. The van der Waals surface area contributed by atoms with Gasteiger partial charge in [-0.3, -0.25) is 4.79 Å². The number of carboxylic acid groups (broad SMARTS) is 1. The lowest BCUT2D eigenvalue weighted by Gasteiger charge is -2.09. The molecule has 1 unspecified atom stereocenters. The average Bonchev–Trinajstić information content (AvgIpc) is 2.30. The zero-order chi connectivity index (χ0) is 8.97. The van der Waals surface area contributed by atoms with Crippen molar-refractivity contribution in [3.63, 3.8) is 0 Å². The van der Waals surface area contributed by atoms with Crippen LogP contribution >= 0.6 is 0 Å². The van der Waals surface area contributed by atoms with E-state index in [-0.39, 0.29) is 0 Å². The number of carboxylic acids is 1. The van der Waals surface area contributed by atoms with Crippen LogP contribution in [-0.2, 0) is 4.79 Å². The van der Waals surface area contributed by atoms with Crippen molar-refractivity contribution in [2.75, 3.05) is 0 Å². The van der Waals surface area contributed by atoms with Gasteiger partial charge in [-0.2, -0.15) is 0 Å². The highest BCUT2D eigenvalue weighted by Gasteiger charge is 2.17. The molecule has 0 bridgehead atoms. The van der Waals surface area contributed by atoms with Gasteiger partial charge in [-0.15, -0.1) is 0 Å². The maximum atomic E-state index is 10.5. The molecular weight excluding hydrogens is 154 g/mol. The van der Waals surface area contributed by atoms with E-state index in [2.05, 4.69) is 0 Å². The lowest BCUT2D eigenvalue weighted by Crippen LogP contribution is -2.32. The number of nitrogens with two attached hydrogens (primary N) is 1. The molecular formula is C9H15NO2. The van der Waals surface area contributed by atoms with Crippen molar-refractivity contribution < 1.29 is 9.90 Å². The van der Waals surface area contributed by atoms with Gasteiger partial charge < -0.3 is 10.8 Å². The highest BCUT2D eigenvalue weighted by atomic mass is 16.4. The van der Waals surface area contributed by atoms with Gasteiger partial charge in [0.2, 0.25) is 0 Å². The van der Waals surface area contributed by atoms with E-state index in [1.807, 2.05) is 6.08 Å². The van der Waals surface area contributed by atoms with Crippen LogP contribution in [0.15, 0.2) is 11.6 Å². The third-order valence-corrected chi connectivity index (χ3v) is 2.24. The normalized spacial score (nSPS) is 20.9. The van der Waals surface area contributed by atoms with Crippen molar-refractivity contribution in [2.24, 2.45) is 5.73 Å². The number of allylic oxidation sites excluding steroid dienone is 1. The van der Waals surface area contributed by atoms with E-state index >= 15 is 0 Å². The third-order valence-electron chi connectivity index (χ3n) is 2.24. The van der Waals surface area contributed by atoms with Gasteiger partial charge in [-0.05, 0) is 31.3 Å². The lowest BCUT2D eigenvalue weighted by molar-refractivity contribution is -0.137. The van der Waals surface area contributed by atoms with Crippen molar-refractivity contribution in [3.8, 4) is 0 Å². The summed E-state index contributed by atoms with van der Waals surface area (Å²) in [6.45, 7) is 0. The fourth-order valence-electron chi connectivity index (χ4n) is 1.48. The highest BCUT2D eigenvalue weighted by molar-refractivity contribution is 5.77. The van der Waals surface area contributed by atoms with Crippen LogP contribution in [0.4, 0.5) is 0 Å². The van der Waals surface area contributed by atoms with Crippen LogP contribution in [0.3, 0.4) is 0 Å². The van der Waals surface area contributed by atoms with Gasteiger partial charge in [0, 0.05) is 0 Å². The first-order chi connectivity index (χ1) is 5.72. The molecule has 0 amide bonds. The fourth-order valence-corrected chi connectivity index (χ4v) is 1.48. The van der Waals surface area contributed by atoms with Gasteiger partial charge in [0.1, 0.15) is 6.04 Å². The highest BCUT2D eigenvalue weighted by Crippen LogP contribution is 2.18. The van der Waals surface area contributed by atoms with Crippen LogP contribution in [0.2, 0.25) is 0 Å². The van der Waals surface area contributed by atoms with Crippen molar-refractivity contribution in [3.05, 3.63) is 11.6 Å². The molecule has 0 aromatic carbocycles. The Morgan fingerprint density at radius 3 is 2.92 bits per heavy atom. The van der Waals surface area contributed by atoms with Crippen molar-refractivity contribution in [2.45, 2.75) is 38.1 Å². The number of rotatable bonds is 2. The van der Waals surface area contributed by atoms with Crippen molar-refractivity contribution in [1.82, 2.24) is 0 Å². The summed E-state index contributed by atoms with van der Waals surface area (Å²) in [5.74, 6) is -0.914. The van der Waals surface area contributed by atoms with Crippen molar-refractivity contribution in [1.29, 1.82) is 0 Å². The summed E-state index contributed by atoms with van der Waals surface area (Å²) in [4.78, 5) is 10.5. The Hall–Kier alpha value is -0.830. The Labute approximate surface area is 72.3 Å². The molecule has 0 fully saturated rings. The van der Waals surface area contributed by atoms with E-state index in [4.69, 9.17) is 10.8 Å². The molecule has 12 heavy (non-hydrogen) atoms. The molecule has 0 saturated carbocycles. The Kier molecular flexibility index (Phi) is 3.29. The second-order valence-electron chi connectivity index (χ2n) is 3.19. The molecule has 0 aromatic heterocycles. The Morgan fingerprint density at radius 1 is 1.50 bits per heavy atom. The van der Waals surface area contributed by atoms with Crippen LogP contribution in [0.25, 0.3) is 0 Å². The summed E-state index contributed by atoms with van der Waals surface area (Å²) >= 11 is 0. The summed E-state index contributed by atoms with van der Waals surface area (Å²) in [5, 5.41) is 8.66. The number of hydrogen-bond donors (Lipinski definition) is 2. The summed E-state index contributed by atoms with van der Waals surface area (Å²) in [6, 6.07) is -0.775. The molecule has 0 saturated heterocycles. The monoisotopic (exact) mass is 169 g/mol. The minimum Gasteiger partial charge on any atom is -0.480 e. The maximum Gasteiger partial charge on any atom is 0.324 e. The quantitative estimate of drug-likeness (QED) is 0.612. The first-order valence-corrected chi connectivity index (χ1v) is 4.39. The molecule has 68 valence electrons. The van der Waals surface area contributed by atoms with Gasteiger partial charge in [0.05, 0.1) is 0 Å². The summed E-state index contributed by atoms with van der Waals surface area (Å²) in [7, 11) is 0. The van der Waals surface area contributed by atoms with Gasteiger partial charge in [-0.1, -0.05) is 12.5 Å². The predicted molar refractivity (Wildman–Crippen MR) is 46.8 cm³/mol. The molecule has 0 radical (unpaired) electrons. The van der Waals surface area contributed by atoms with E-state index in [9.17, 15) is 4.79 Å². The Bertz CT molecular complexity index is 199. The molecule has 0 heterocycles. The van der Waals surface area contributed by atoms with Gasteiger partial charge in [-0.25, -0.2) is 0 Å². The second kappa shape index (κ2) is 4.26. The predicted octanol–water partition coefficient (Wildman–Crippen LogP) is 1.29. The molecule has 3 nitrogen and oxygen atoms in total. The summed E-state index contributed by atoms with van der Waals surface area (Å²) in [5.41, 5.74) is 6.40. The zero-order valence-corrected chi connectivity index (χ0v) is 7.12. The van der Waals surface area contributed by atoms with Crippen molar-refractivity contribution >= 4 is 5.97 Å². The number of aliphatic carboxylic acids is 1. The minimum absolute atomic E-state index is 0.775. The van der Waals surface area contributed by atoms with Gasteiger partial charge in [0.25, 0.3) is 0 Å².